The summed E-state index contributed by atoms with van der Waals surface area (Å²) < 4.78 is 0. The molecule has 1 unspecified atom stereocenters. The minimum Gasteiger partial charge on any atom is -0.394 e. The summed E-state index contributed by atoms with van der Waals surface area (Å²) in [6.07, 6.45) is 7.83. The number of nitrogens with one attached hydrogen (secondary N) is 1. The lowest BCUT2D eigenvalue weighted by Gasteiger charge is -2.37. The van der Waals surface area contributed by atoms with Crippen molar-refractivity contribution in [2.75, 3.05) is 6.61 Å². The number of amides is 1. The molecule has 1 aliphatic rings. The van der Waals surface area contributed by atoms with E-state index >= 15 is 0 Å². The molecule has 1 fully saturated rings. The first-order valence-corrected chi connectivity index (χ1v) is 6.82. The fourth-order valence-corrected chi connectivity index (χ4v) is 2.46. The topological polar surface area (TPSA) is 75.4 Å². The molecular formula is C13H26N2O2. The predicted octanol–water partition coefficient (Wildman–Crippen LogP) is 1.32. The first kappa shape index (κ1) is 14.5. The summed E-state index contributed by atoms with van der Waals surface area (Å²) >= 11 is 0. The standard InChI is InChI=1S/C13H26N2O2/c1-2-3-7-11(14)12(17)15-13(10-16)8-5-4-6-9-13/h11,16H,2-10,14H2,1H3,(H,15,17). The third kappa shape index (κ3) is 4.28. The van der Waals surface area contributed by atoms with E-state index in [4.69, 9.17) is 5.73 Å². The molecule has 1 saturated carbocycles. The Kier molecular flexibility index (Phi) is 5.92. The molecule has 1 aliphatic carbocycles. The number of unbranched alkanes of at least 4 members (excludes halogenated alkanes) is 1. The molecule has 4 heteroatoms. The molecule has 0 spiro atoms. The van der Waals surface area contributed by atoms with Crippen LogP contribution < -0.4 is 11.1 Å². The Labute approximate surface area is 104 Å². The zero-order valence-electron chi connectivity index (χ0n) is 10.9. The van der Waals surface area contributed by atoms with E-state index in [1.165, 1.54) is 6.42 Å². The highest BCUT2D eigenvalue weighted by atomic mass is 16.3. The van der Waals surface area contributed by atoms with Gasteiger partial charge in [-0.05, 0) is 19.3 Å². The highest BCUT2D eigenvalue weighted by Crippen LogP contribution is 2.27. The normalized spacial score (nSPS) is 20.9. The SMILES string of the molecule is CCCCC(N)C(=O)NC1(CO)CCCCC1. The van der Waals surface area contributed by atoms with E-state index in [1.54, 1.807) is 0 Å². The van der Waals surface area contributed by atoms with Gasteiger partial charge in [-0.1, -0.05) is 39.0 Å². The van der Waals surface area contributed by atoms with Crippen LogP contribution in [-0.2, 0) is 4.79 Å². The van der Waals surface area contributed by atoms with Gasteiger partial charge in [-0.25, -0.2) is 0 Å². The number of hydrogen-bond acceptors (Lipinski definition) is 3. The molecule has 1 atom stereocenters. The third-order valence-corrected chi connectivity index (χ3v) is 3.71. The molecule has 0 aromatic carbocycles. The van der Waals surface area contributed by atoms with E-state index in [2.05, 4.69) is 12.2 Å². The number of carbonyl (C=O) groups excluding carboxylic acids is 1. The quantitative estimate of drug-likeness (QED) is 0.657. The molecule has 1 amide bonds. The molecule has 0 saturated heterocycles. The van der Waals surface area contributed by atoms with Crippen LogP contribution in [0.4, 0.5) is 0 Å². The average Bonchev–Trinajstić information content (AvgIpc) is 2.36. The van der Waals surface area contributed by atoms with E-state index in [-0.39, 0.29) is 12.5 Å². The molecule has 0 bridgehead atoms. The highest BCUT2D eigenvalue weighted by molar-refractivity contribution is 5.82. The maximum Gasteiger partial charge on any atom is 0.237 e. The van der Waals surface area contributed by atoms with Crippen molar-refractivity contribution in [2.45, 2.75) is 69.9 Å². The number of aliphatic hydroxyl groups is 1. The van der Waals surface area contributed by atoms with Gasteiger partial charge in [-0.15, -0.1) is 0 Å². The molecule has 1 rings (SSSR count). The Balaban J connectivity index is 2.46. The van der Waals surface area contributed by atoms with Crippen molar-refractivity contribution in [1.29, 1.82) is 0 Å². The average molecular weight is 242 g/mol. The van der Waals surface area contributed by atoms with Crippen LogP contribution in [0.25, 0.3) is 0 Å². The minimum absolute atomic E-state index is 0.0270. The van der Waals surface area contributed by atoms with Gasteiger partial charge in [-0.2, -0.15) is 0 Å². The van der Waals surface area contributed by atoms with Crippen LogP contribution >= 0.6 is 0 Å². The van der Waals surface area contributed by atoms with Crippen molar-refractivity contribution in [1.82, 2.24) is 5.32 Å². The second kappa shape index (κ2) is 6.97. The Morgan fingerprint density at radius 2 is 2.06 bits per heavy atom. The molecule has 17 heavy (non-hydrogen) atoms. The number of carbonyl (C=O) groups is 1. The summed E-state index contributed by atoms with van der Waals surface area (Å²) in [7, 11) is 0. The number of hydrogen-bond donors (Lipinski definition) is 3. The molecule has 100 valence electrons. The number of rotatable bonds is 6. The summed E-state index contributed by atoms with van der Waals surface area (Å²) in [4.78, 5) is 11.9. The molecule has 4 N–H and O–H groups in total. The Morgan fingerprint density at radius 3 is 2.59 bits per heavy atom. The van der Waals surface area contributed by atoms with Crippen molar-refractivity contribution in [3.05, 3.63) is 0 Å². The van der Waals surface area contributed by atoms with Crippen LogP contribution in [0.15, 0.2) is 0 Å². The lowest BCUT2D eigenvalue weighted by atomic mass is 9.82. The molecule has 0 heterocycles. The van der Waals surface area contributed by atoms with E-state index in [0.29, 0.717) is 0 Å². The van der Waals surface area contributed by atoms with Crippen molar-refractivity contribution in [3.8, 4) is 0 Å². The lowest BCUT2D eigenvalue weighted by molar-refractivity contribution is -0.125. The number of nitrogens with two attached hydrogens (primary N) is 1. The Morgan fingerprint density at radius 1 is 1.41 bits per heavy atom. The minimum atomic E-state index is -0.430. The molecule has 0 aromatic rings. The van der Waals surface area contributed by atoms with Gasteiger partial charge in [0.25, 0.3) is 0 Å². The van der Waals surface area contributed by atoms with Crippen LogP contribution in [0.1, 0.15) is 58.3 Å². The maximum absolute atomic E-state index is 11.9. The number of aliphatic hydroxyl groups excluding tert-OH is 1. The summed E-state index contributed by atoms with van der Waals surface area (Å²) in [6, 6.07) is -0.430. The van der Waals surface area contributed by atoms with Gasteiger partial charge >= 0.3 is 0 Å². The molecule has 0 radical (unpaired) electrons. The van der Waals surface area contributed by atoms with E-state index in [1.807, 2.05) is 0 Å². The second-order valence-corrected chi connectivity index (χ2v) is 5.24. The summed E-state index contributed by atoms with van der Waals surface area (Å²) in [5.74, 6) is -0.102. The fourth-order valence-electron chi connectivity index (χ4n) is 2.46. The first-order valence-electron chi connectivity index (χ1n) is 6.82. The van der Waals surface area contributed by atoms with Gasteiger partial charge in [0.1, 0.15) is 0 Å². The summed E-state index contributed by atoms with van der Waals surface area (Å²) in [6.45, 7) is 2.11. The zero-order valence-corrected chi connectivity index (χ0v) is 10.9. The smallest absolute Gasteiger partial charge is 0.237 e. The Bertz CT molecular complexity index is 238. The molecule has 0 aromatic heterocycles. The van der Waals surface area contributed by atoms with Gasteiger partial charge in [0.15, 0.2) is 0 Å². The van der Waals surface area contributed by atoms with Gasteiger partial charge < -0.3 is 16.2 Å². The van der Waals surface area contributed by atoms with Gasteiger partial charge in [-0.3, -0.25) is 4.79 Å². The van der Waals surface area contributed by atoms with Crippen LogP contribution in [0.3, 0.4) is 0 Å². The van der Waals surface area contributed by atoms with Crippen molar-refractivity contribution < 1.29 is 9.90 Å². The van der Waals surface area contributed by atoms with Gasteiger partial charge in [0.05, 0.1) is 18.2 Å². The fraction of sp³-hybridized carbons (Fsp3) is 0.923. The first-order chi connectivity index (χ1) is 8.13. The molecule has 0 aliphatic heterocycles. The van der Waals surface area contributed by atoms with Crippen LogP contribution in [-0.4, -0.2) is 29.2 Å². The van der Waals surface area contributed by atoms with Gasteiger partial charge in [0, 0.05) is 0 Å². The van der Waals surface area contributed by atoms with E-state index in [0.717, 1.165) is 44.9 Å². The predicted molar refractivity (Wildman–Crippen MR) is 68.5 cm³/mol. The monoisotopic (exact) mass is 242 g/mol. The van der Waals surface area contributed by atoms with Crippen LogP contribution in [0.5, 0.6) is 0 Å². The van der Waals surface area contributed by atoms with E-state index < -0.39 is 11.6 Å². The zero-order chi connectivity index (χ0) is 12.7. The van der Waals surface area contributed by atoms with Crippen molar-refractivity contribution in [3.63, 3.8) is 0 Å². The summed E-state index contributed by atoms with van der Waals surface area (Å²) in [5, 5.41) is 12.5. The third-order valence-electron chi connectivity index (χ3n) is 3.71. The van der Waals surface area contributed by atoms with Crippen molar-refractivity contribution >= 4 is 5.91 Å². The largest absolute Gasteiger partial charge is 0.394 e. The Hall–Kier alpha value is -0.610. The molecular weight excluding hydrogens is 216 g/mol. The maximum atomic E-state index is 11.9. The van der Waals surface area contributed by atoms with E-state index in [9.17, 15) is 9.90 Å². The van der Waals surface area contributed by atoms with Gasteiger partial charge in [0.2, 0.25) is 5.91 Å². The van der Waals surface area contributed by atoms with Crippen LogP contribution in [0, 0.1) is 0 Å². The highest BCUT2D eigenvalue weighted by Gasteiger charge is 2.33. The summed E-state index contributed by atoms with van der Waals surface area (Å²) in [5.41, 5.74) is 5.44. The second-order valence-electron chi connectivity index (χ2n) is 5.24. The van der Waals surface area contributed by atoms with Crippen LogP contribution in [0.2, 0.25) is 0 Å². The molecule has 4 nitrogen and oxygen atoms in total. The lowest BCUT2D eigenvalue weighted by Crippen LogP contribution is -2.56. The van der Waals surface area contributed by atoms with Crippen molar-refractivity contribution in [2.24, 2.45) is 5.73 Å².